The average molecular weight is 297 g/mol. The third-order valence-electron chi connectivity index (χ3n) is 3.69. The van der Waals surface area contributed by atoms with Crippen molar-refractivity contribution >= 4 is 22.5 Å². The van der Waals surface area contributed by atoms with Crippen molar-refractivity contribution in [3.8, 4) is 0 Å². The second-order valence-corrected chi connectivity index (χ2v) is 5.24. The Kier molecular flexibility index (Phi) is 3.29. The minimum absolute atomic E-state index is 0.124. The van der Waals surface area contributed by atoms with Gasteiger partial charge in [0.05, 0.1) is 5.52 Å². The normalized spacial score (nSPS) is 10.9. The van der Waals surface area contributed by atoms with Gasteiger partial charge in [0, 0.05) is 22.7 Å². The molecule has 0 radical (unpaired) electrons. The molecule has 0 atom stereocenters. The third-order valence-corrected chi connectivity index (χ3v) is 3.69. The highest BCUT2D eigenvalue weighted by atomic mass is 16.5. The summed E-state index contributed by atoms with van der Waals surface area (Å²) in [5, 5.41) is 7.35. The highest BCUT2D eigenvalue weighted by molar-refractivity contribution is 6.03. The van der Waals surface area contributed by atoms with E-state index in [1.807, 2.05) is 13.0 Å². The van der Waals surface area contributed by atoms with E-state index in [4.69, 9.17) is 4.52 Å². The van der Waals surface area contributed by atoms with E-state index in [0.29, 0.717) is 22.5 Å². The summed E-state index contributed by atoms with van der Waals surface area (Å²) in [5.41, 5.74) is 2.98. The predicted molar refractivity (Wildman–Crippen MR) is 83.2 cm³/mol. The number of carbonyl (C=O) groups excluding carboxylic acids is 1. The number of anilines is 1. The summed E-state index contributed by atoms with van der Waals surface area (Å²) in [5.74, 6) is 0.210. The molecule has 2 N–H and O–H groups in total. The van der Waals surface area contributed by atoms with Gasteiger partial charge in [-0.15, -0.1) is 0 Å². The standard InChI is InChI=1S/C16H15N3O3/c1-8-6-14(19-22-8)16(21)17-11-4-5-12-9(2)10(3)15(20)18-13(12)7-11/h4-7H,1-3H3,(H,17,21)(H,18,20). The molecule has 22 heavy (non-hydrogen) atoms. The minimum Gasteiger partial charge on any atom is -0.361 e. The van der Waals surface area contributed by atoms with Crippen LogP contribution >= 0.6 is 0 Å². The lowest BCUT2D eigenvalue weighted by Gasteiger charge is -2.08. The van der Waals surface area contributed by atoms with Crippen LogP contribution in [0.5, 0.6) is 0 Å². The van der Waals surface area contributed by atoms with Crippen LogP contribution in [-0.2, 0) is 0 Å². The smallest absolute Gasteiger partial charge is 0.277 e. The molecule has 0 aliphatic rings. The molecule has 2 heterocycles. The molecule has 3 rings (SSSR count). The summed E-state index contributed by atoms with van der Waals surface area (Å²) in [7, 11) is 0. The molecule has 0 bridgehead atoms. The Balaban J connectivity index is 1.97. The molecule has 0 aliphatic heterocycles. The Morgan fingerprint density at radius 3 is 2.64 bits per heavy atom. The molecule has 0 saturated carbocycles. The Morgan fingerprint density at radius 2 is 1.95 bits per heavy atom. The number of carbonyl (C=O) groups is 1. The summed E-state index contributed by atoms with van der Waals surface area (Å²) in [6.45, 7) is 5.41. The highest BCUT2D eigenvalue weighted by Crippen LogP contribution is 2.21. The number of fused-ring (bicyclic) bond motifs is 1. The number of hydrogen-bond acceptors (Lipinski definition) is 4. The van der Waals surface area contributed by atoms with E-state index in [9.17, 15) is 9.59 Å². The van der Waals surface area contributed by atoms with Crippen molar-refractivity contribution in [1.82, 2.24) is 10.1 Å². The molecule has 1 aromatic carbocycles. The largest absolute Gasteiger partial charge is 0.361 e. The van der Waals surface area contributed by atoms with Crippen LogP contribution < -0.4 is 10.9 Å². The molecule has 0 spiro atoms. The molecule has 1 amide bonds. The summed E-state index contributed by atoms with van der Waals surface area (Å²) in [6.07, 6.45) is 0. The van der Waals surface area contributed by atoms with Crippen LogP contribution in [0.15, 0.2) is 33.6 Å². The van der Waals surface area contributed by atoms with Crippen molar-refractivity contribution < 1.29 is 9.32 Å². The van der Waals surface area contributed by atoms with Crippen LogP contribution in [0.25, 0.3) is 10.9 Å². The molecule has 0 aliphatic carbocycles. The molecule has 112 valence electrons. The first-order valence-electron chi connectivity index (χ1n) is 6.83. The Bertz CT molecular complexity index is 937. The molecule has 0 fully saturated rings. The van der Waals surface area contributed by atoms with Gasteiger partial charge in [-0.25, -0.2) is 0 Å². The lowest BCUT2D eigenvalue weighted by molar-refractivity contribution is 0.101. The van der Waals surface area contributed by atoms with Crippen molar-refractivity contribution in [3.63, 3.8) is 0 Å². The molecule has 2 aromatic heterocycles. The summed E-state index contributed by atoms with van der Waals surface area (Å²) < 4.78 is 4.88. The second-order valence-electron chi connectivity index (χ2n) is 5.24. The van der Waals surface area contributed by atoms with Crippen molar-refractivity contribution in [2.75, 3.05) is 5.32 Å². The monoisotopic (exact) mass is 297 g/mol. The van der Waals surface area contributed by atoms with E-state index in [1.54, 1.807) is 32.0 Å². The topological polar surface area (TPSA) is 88.0 Å². The summed E-state index contributed by atoms with van der Waals surface area (Å²) in [4.78, 5) is 26.7. The maximum atomic E-state index is 12.0. The van der Waals surface area contributed by atoms with E-state index in [1.165, 1.54) is 0 Å². The Labute approximate surface area is 126 Å². The summed E-state index contributed by atoms with van der Waals surface area (Å²) >= 11 is 0. The van der Waals surface area contributed by atoms with Crippen molar-refractivity contribution in [3.05, 3.63) is 57.2 Å². The lowest BCUT2D eigenvalue weighted by Crippen LogP contribution is -2.13. The Hall–Kier alpha value is -2.89. The maximum absolute atomic E-state index is 12.0. The average Bonchev–Trinajstić information content (AvgIpc) is 2.91. The lowest BCUT2D eigenvalue weighted by atomic mass is 10.1. The van der Waals surface area contributed by atoms with E-state index in [-0.39, 0.29) is 17.2 Å². The number of nitrogens with zero attached hydrogens (tertiary/aromatic N) is 1. The number of aromatic amines is 1. The number of amides is 1. The molecular weight excluding hydrogens is 282 g/mol. The van der Waals surface area contributed by atoms with Gasteiger partial charge in [0.1, 0.15) is 5.76 Å². The quantitative estimate of drug-likeness (QED) is 0.761. The molecule has 0 saturated heterocycles. The van der Waals surface area contributed by atoms with E-state index >= 15 is 0 Å². The van der Waals surface area contributed by atoms with Gasteiger partial charge in [0.15, 0.2) is 5.69 Å². The fraction of sp³-hybridized carbons (Fsp3) is 0.188. The molecule has 3 aromatic rings. The second kappa shape index (κ2) is 5.14. The van der Waals surface area contributed by atoms with Gasteiger partial charge in [-0.3, -0.25) is 9.59 Å². The number of aryl methyl sites for hydroxylation is 2. The third kappa shape index (κ3) is 2.39. The summed E-state index contributed by atoms with van der Waals surface area (Å²) in [6, 6.07) is 6.95. The first-order chi connectivity index (χ1) is 10.5. The van der Waals surface area contributed by atoms with Gasteiger partial charge in [-0.05, 0) is 38.5 Å². The van der Waals surface area contributed by atoms with Crippen molar-refractivity contribution in [2.24, 2.45) is 0 Å². The highest BCUT2D eigenvalue weighted by Gasteiger charge is 2.12. The van der Waals surface area contributed by atoms with Crippen LogP contribution in [0.3, 0.4) is 0 Å². The molecule has 6 nitrogen and oxygen atoms in total. The van der Waals surface area contributed by atoms with Crippen molar-refractivity contribution in [2.45, 2.75) is 20.8 Å². The zero-order valence-corrected chi connectivity index (χ0v) is 12.5. The SMILES string of the molecule is Cc1cc(C(=O)Nc2ccc3c(C)c(C)c(=O)[nH]c3c2)no1. The predicted octanol–water partition coefficient (Wildman–Crippen LogP) is 2.69. The van der Waals surface area contributed by atoms with Gasteiger partial charge in [0.25, 0.3) is 11.5 Å². The van der Waals surface area contributed by atoms with E-state index in [2.05, 4.69) is 15.5 Å². The van der Waals surface area contributed by atoms with Crippen LogP contribution in [-0.4, -0.2) is 16.0 Å². The number of benzene rings is 1. The molecular formula is C16H15N3O3. The maximum Gasteiger partial charge on any atom is 0.277 e. The number of pyridine rings is 1. The van der Waals surface area contributed by atoms with Crippen molar-refractivity contribution in [1.29, 1.82) is 0 Å². The van der Waals surface area contributed by atoms with Crippen LogP contribution in [0.2, 0.25) is 0 Å². The van der Waals surface area contributed by atoms with Gasteiger partial charge >= 0.3 is 0 Å². The zero-order valence-electron chi connectivity index (χ0n) is 12.5. The van der Waals surface area contributed by atoms with Crippen LogP contribution in [0.4, 0.5) is 5.69 Å². The number of aromatic nitrogens is 2. The molecule has 0 unspecified atom stereocenters. The number of rotatable bonds is 2. The number of H-pyrrole nitrogens is 1. The van der Waals surface area contributed by atoms with Crippen LogP contribution in [0.1, 0.15) is 27.4 Å². The number of nitrogens with one attached hydrogen (secondary N) is 2. The van der Waals surface area contributed by atoms with E-state index < -0.39 is 0 Å². The van der Waals surface area contributed by atoms with Gasteiger partial charge in [-0.2, -0.15) is 0 Å². The van der Waals surface area contributed by atoms with E-state index in [0.717, 1.165) is 10.9 Å². The fourth-order valence-electron chi connectivity index (χ4n) is 2.31. The van der Waals surface area contributed by atoms with Gasteiger partial charge < -0.3 is 14.8 Å². The molecule has 6 heteroatoms. The zero-order chi connectivity index (χ0) is 15.9. The van der Waals surface area contributed by atoms with Gasteiger partial charge in [0.2, 0.25) is 0 Å². The number of hydrogen-bond donors (Lipinski definition) is 2. The van der Waals surface area contributed by atoms with Crippen LogP contribution in [0, 0.1) is 20.8 Å². The first kappa shape index (κ1) is 14.1. The first-order valence-corrected chi connectivity index (χ1v) is 6.83. The Morgan fingerprint density at radius 1 is 1.18 bits per heavy atom. The minimum atomic E-state index is -0.359. The van der Waals surface area contributed by atoms with Gasteiger partial charge in [-0.1, -0.05) is 11.2 Å². The fourth-order valence-corrected chi connectivity index (χ4v) is 2.31.